The van der Waals surface area contributed by atoms with Crippen LogP contribution in [0.5, 0.6) is 0 Å². The largest absolute Gasteiger partial charge is 0.371 e. The van der Waals surface area contributed by atoms with Gasteiger partial charge in [0.05, 0.1) is 6.20 Å². The number of carbonyl (C=O) groups excluding carboxylic acids is 1. The third-order valence-electron chi connectivity index (χ3n) is 4.66. The summed E-state index contributed by atoms with van der Waals surface area (Å²) in [5.41, 5.74) is 2.29. The number of hydrogen-bond acceptors (Lipinski definition) is 4. The van der Waals surface area contributed by atoms with Crippen LogP contribution in [-0.2, 0) is 0 Å². The molecule has 2 aromatic carbocycles. The molecule has 27 heavy (non-hydrogen) atoms. The molecule has 1 amide bonds. The molecule has 0 unspecified atom stereocenters. The van der Waals surface area contributed by atoms with E-state index in [-0.39, 0.29) is 11.7 Å². The van der Waals surface area contributed by atoms with E-state index in [9.17, 15) is 9.18 Å². The Labute approximate surface area is 161 Å². The SMILES string of the molecule is O=C(Nc1cccc(N2CCCCC2)c1)c1cnc(-c2ccccc2F)s1. The summed E-state index contributed by atoms with van der Waals surface area (Å²) in [6.45, 7) is 2.11. The van der Waals surface area contributed by atoms with Gasteiger partial charge >= 0.3 is 0 Å². The molecule has 138 valence electrons. The van der Waals surface area contributed by atoms with Gasteiger partial charge in [-0.3, -0.25) is 4.79 Å². The van der Waals surface area contributed by atoms with Crippen molar-refractivity contribution in [2.24, 2.45) is 0 Å². The summed E-state index contributed by atoms with van der Waals surface area (Å²) in [6, 6.07) is 14.4. The first-order valence-corrected chi connectivity index (χ1v) is 9.89. The Balaban J connectivity index is 1.49. The van der Waals surface area contributed by atoms with Crippen LogP contribution in [0.25, 0.3) is 10.6 Å². The second-order valence-electron chi connectivity index (χ2n) is 6.56. The first-order valence-electron chi connectivity index (χ1n) is 9.08. The number of aromatic nitrogens is 1. The number of rotatable bonds is 4. The number of thiazole rings is 1. The van der Waals surface area contributed by atoms with Gasteiger partial charge in [-0.05, 0) is 49.6 Å². The van der Waals surface area contributed by atoms with E-state index in [1.54, 1.807) is 18.2 Å². The number of benzene rings is 2. The van der Waals surface area contributed by atoms with Crippen LogP contribution in [0.3, 0.4) is 0 Å². The monoisotopic (exact) mass is 381 g/mol. The number of hydrogen-bond donors (Lipinski definition) is 1. The molecular weight excluding hydrogens is 361 g/mol. The maximum Gasteiger partial charge on any atom is 0.267 e. The smallest absolute Gasteiger partial charge is 0.267 e. The van der Waals surface area contributed by atoms with Gasteiger partial charge < -0.3 is 10.2 Å². The van der Waals surface area contributed by atoms with Crippen molar-refractivity contribution in [3.63, 3.8) is 0 Å². The van der Waals surface area contributed by atoms with E-state index < -0.39 is 0 Å². The normalized spacial score (nSPS) is 14.2. The molecule has 0 bridgehead atoms. The molecule has 1 fully saturated rings. The molecule has 4 nitrogen and oxygen atoms in total. The molecule has 0 radical (unpaired) electrons. The molecule has 0 spiro atoms. The van der Waals surface area contributed by atoms with Gasteiger partial charge in [-0.15, -0.1) is 11.3 Å². The fourth-order valence-electron chi connectivity index (χ4n) is 3.26. The van der Waals surface area contributed by atoms with Crippen molar-refractivity contribution in [1.29, 1.82) is 0 Å². The third kappa shape index (κ3) is 4.01. The molecule has 1 N–H and O–H groups in total. The summed E-state index contributed by atoms with van der Waals surface area (Å²) < 4.78 is 13.9. The summed E-state index contributed by atoms with van der Waals surface area (Å²) in [6.07, 6.45) is 5.19. The van der Waals surface area contributed by atoms with Gasteiger partial charge in [0.2, 0.25) is 0 Å². The highest BCUT2D eigenvalue weighted by Gasteiger charge is 2.15. The predicted molar refractivity (Wildman–Crippen MR) is 108 cm³/mol. The van der Waals surface area contributed by atoms with Crippen molar-refractivity contribution < 1.29 is 9.18 Å². The molecule has 2 heterocycles. The number of halogens is 1. The Morgan fingerprint density at radius 1 is 1.07 bits per heavy atom. The number of piperidine rings is 1. The fourth-order valence-corrected chi connectivity index (χ4v) is 4.10. The second-order valence-corrected chi connectivity index (χ2v) is 7.59. The third-order valence-corrected chi connectivity index (χ3v) is 5.69. The van der Waals surface area contributed by atoms with Gasteiger partial charge in [0.15, 0.2) is 0 Å². The molecule has 1 aliphatic heterocycles. The molecule has 3 aromatic rings. The zero-order valence-electron chi connectivity index (χ0n) is 14.8. The van der Waals surface area contributed by atoms with Crippen molar-refractivity contribution >= 4 is 28.6 Å². The highest BCUT2D eigenvalue weighted by molar-refractivity contribution is 7.17. The first-order chi connectivity index (χ1) is 13.2. The number of nitrogens with zero attached hydrogens (tertiary/aromatic N) is 2. The molecule has 0 atom stereocenters. The molecule has 0 saturated carbocycles. The predicted octanol–water partition coefficient (Wildman–Crippen LogP) is 5.19. The average Bonchev–Trinajstić information content (AvgIpc) is 3.19. The first kappa shape index (κ1) is 17.7. The zero-order valence-corrected chi connectivity index (χ0v) is 15.6. The lowest BCUT2D eigenvalue weighted by Gasteiger charge is -2.29. The van der Waals surface area contributed by atoms with Crippen LogP contribution >= 0.6 is 11.3 Å². The van der Waals surface area contributed by atoms with E-state index in [0.717, 1.165) is 24.5 Å². The van der Waals surface area contributed by atoms with Crippen LogP contribution in [0.15, 0.2) is 54.7 Å². The van der Waals surface area contributed by atoms with Gasteiger partial charge in [-0.25, -0.2) is 9.37 Å². The zero-order chi connectivity index (χ0) is 18.6. The molecule has 1 aliphatic rings. The lowest BCUT2D eigenvalue weighted by atomic mass is 10.1. The van der Waals surface area contributed by atoms with E-state index in [1.165, 1.54) is 42.9 Å². The summed E-state index contributed by atoms with van der Waals surface area (Å²) in [5.74, 6) is -0.570. The van der Waals surface area contributed by atoms with Crippen molar-refractivity contribution in [3.05, 3.63) is 65.4 Å². The number of nitrogens with one attached hydrogen (secondary N) is 1. The van der Waals surface area contributed by atoms with Crippen molar-refractivity contribution in [3.8, 4) is 10.6 Å². The van der Waals surface area contributed by atoms with Gasteiger partial charge in [0, 0.05) is 30.0 Å². The van der Waals surface area contributed by atoms with Gasteiger partial charge in [-0.2, -0.15) is 0 Å². The fraction of sp³-hybridized carbons (Fsp3) is 0.238. The summed E-state index contributed by atoms with van der Waals surface area (Å²) in [4.78, 5) is 19.6. The Kier molecular flexibility index (Phi) is 5.16. The molecular formula is C21H20FN3OS. The van der Waals surface area contributed by atoms with Crippen LogP contribution in [0.1, 0.15) is 28.9 Å². The van der Waals surface area contributed by atoms with Crippen molar-refractivity contribution in [1.82, 2.24) is 4.98 Å². The van der Waals surface area contributed by atoms with E-state index in [1.807, 2.05) is 18.2 Å². The van der Waals surface area contributed by atoms with Crippen LogP contribution in [0, 0.1) is 5.82 Å². The quantitative estimate of drug-likeness (QED) is 0.676. The Morgan fingerprint density at radius 3 is 2.70 bits per heavy atom. The molecule has 1 aromatic heterocycles. The van der Waals surface area contributed by atoms with Gasteiger partial charge in [0.25, 0.3) is 5.91 Å². The van der Waals surface area contributed by atoms with E-state index in [2.05, 4.69) is 21.3 Å². The van der Waals surface area contributed by atoms with Gasteiger partial charge in [-0.1, -0.05) is 18.2 Å². The van der Waals surface area contributed by atoms with Crippen molar-refractivity contribution in [2.75, 3.05) is 23.3 Å². The van der Waals surface area contributed by atoms with Gasteiger partial charge in [0.1, 0.15) is 15.7 Å². The topological polar surface area (TPSA) is 45.2 Å². The number of anilines is 2. The minimum Gasteiger partial charge on any atom is -0.371 e. The van der Waals surface area contributed by atoms with Crippen LogP contribution in [0.4, 0.5) is 15.8 Å². The van der Waals surface area contributed by atoms with E-state index in [0.29, 0.717) is 15.4 Å². The Morgan fingerprint density at radius 2 is 1.89 bits per heavy atom. The Hall–Kier alpha value is -2.73. The second kappa shape index (κ2) is 7.88. The maximum absolute atomic E-state index is 13.9. The summed E-state index contributed by atoms with van der Waals surface area (Å²) in [5, 5.41) is 3.43. The summed E-state index contributed by atoms with van der Waals surface area (Å²) >= 11 is 1.19. The van der Waals surface area contributed by atoms with Crippen molar-refractivity contribution in [2.45, 2.75) is 19.3 Å². The number of amides is 1. The Bertz CT molecular complexity index is 950. The lowest BCUT2D eigenvalue weighted by molar-refractivity contribution is 0.103. The highest BCUT2D eigenvalue weighted by Crippen LogP contribution is 2.28. The number of carbonyl (C=O) groups is 1. The van der Waals surface area contributed by atoms with E-state index >= 15 is 0 Å². The van der Waals surface area contributed by atoms with Crippen LogP contribution in [0.2, 0.25) is 0 Å². The molecule has 4 rings (SSSR count). The van der Waals surface area contributed by atoms with Crippen LogP contribution in [-0.4, -0.2) is 24.0 Å². The summed E-state index contributed by atoms with van der Waals surface area (Å²) in [7, 11) is 0. The average molecular weight is 381 g/mol. The molecule has 0 aliphatic carbocycles. The van der Waals surface area contributed by atoms with Crippen LogP contribution < -0.4 is 10.2 Å². The highest BCUT2D eigenvalue weighted by atomic mass is 32.1. The minimum atomic E-state index is -0.340. The molecule has 1 saturated heterocycles. The lowest BCUT2D eigenvalue weighted by Crippen LogP contribution is -2.29. The molecule has 6 heteroatoms. The maximum atomic E-state index is 13.9. The van der Waals surface area contributed by atoms with E-state index in [4.69, 9.17) is 0 Å². The minimum absolute atomic E-state index is 0.231. The standard InChI is InChI=1S/C21H20FN3OS/c22-18-10-3-2-9-17(18)21-23-14-19(27-21)20(26)24-15-7-6-8-16(13-15)25-11-4-1-5-12-25/h2-3,6-10,13-14H,1,4-5,11-12H2,(H,24,26).